The molecule has 9 heteroatoms. The number of H-pyrrole nitrogens is 1. The number of nitrogens with zero attached hydrogens (tertiary/aromatic N) is 3. The van der Waals surface area contributed by atoms with Crippen LogP contribution >= 0.6 is 12.4 Å². The van der Waals surface area contributed by atoms with Crippen molar-refractivity contribution in [3.63, 3.8) is 0 Å². The molecule has 0 atom stereocenters. The SMILES string of the molecule is Cl.NCc1nc(C(=O)N2CCC3(CCc4c3nc(C3CC3)[nH]c4=O)CC2)co1. The maximum Gasteiger partial charge on any atom is 0.275 e. The first kappa shape index (κ1) is 19.1. The molecule has 2 aromatic rings. The Kier molecular flexibility index (Phi) is 4.79. The van der Waals surface area contributed by atoms with E-state index in [0.29, 0.717) is 30.6 Å². The van der Waals surface area contributed by atoms with Gasteiger partial charge in [-0.25, -0.2) is 9.97 Å². The van der Waals surface area contributed by atoms with Crippen LogP contribution < -0.4 is 11.3 Å². The Morgan fingerprint density at radius 1 is 1.29 bits per heavy atom. The molecule has 1 saturated heterocycles. The van der Waals surface area contributed by atoms with Gasteiger partial charge in [-0.2, -0.15) is 0 Å². The molecular weight excluding hydrogens is 382 g/mol. The van der Waals surface area contributed by atoms with Crippen molar-refractivity contribution in [3.8, 4) is 0 Å². The fourth-order valence-electron chi connectivity index (χ4n) is 4.51. The normalized spacial score (nSPS) is 20.1. The van der Waals surface area contributed by atoms with Crippen LogP contribution in [0.5, 0.6) is 0 Å². The van der Waals surface area contributed by atoms with E-state index in [0.717, 1.165) is 55.6 Å². The monoisotopic (exact) mass is 405 g/mol. The predicted molar refractivity (Wildman–Crippen MR) is 104 cm³/mol. The van der Waals surface area contributed by atoms with Crippen LogP contribution in [0.4, 0.5) is 0 Å². The molecule has 0 radical (unpaired) electrons. The van der Waals surface area contributed by atoms with Gasteiger partial charge in [0.25, 0.3) is 11.5 Å². The fourth-order valence-corrected chi connectivity index (χ4v) is 4.51. The number of rotatable bonds is 3. The van der Waals surface area contributed by atoms with E-state index >= 15 is 0 Å². The number of nitrogens with one attached hydrogen (secondary N) is 1. The van der Waals surface area contributed by atoms with E-state index < -0.39 is 0 Å². The van der Waals surface area contributed by atoms with Gasteiger partial charge in [0, 0.05) is 30.0 Å². The number of hydrogen-bond donors (Lipinski definition) is 2. The van der Waals surface area contributed by atoms with E-state index in [4.69, 9.17) is 15.1 Å². The molecule has 28 heavy (non-hydrogen) atoms. The van der Waals surface area contributed by atoms with Crippen LogP contribution in [0, 0.1) is 0 Å². The molecule has 0 bridgehead atoms. The number of amides is 1. The van der Waals surface area contributed by atoms with Gasteiger partial charge in [-0.05, 0) is 38.5 Å². The number of halogens is 1. The summed E-state index contributed by atoms with van der Waals surface area (Å²) >= 11 is 0. The molecule has 3 heterocycles. The van der Waals surface area contributed by atoms with Crippen LogP contribution in [0.1, 0.15) is 71.5 Å². The molecule has 0 aromatic carbocycles. The first-order valence-corrected chi connectivity index (χ1v) is 9.67. The Morgan fingerprint density at radius 2 is 2.04 bits per heavy atom. The van der Waals surface area contributed by atoms with Crippen molar-refractivity contribution in [1.29, 1.82) is 0 Å². The molecule has 2 aromatic heterocycles. The summed E-state index contributed by atoms with van der Waals surface area (Å²) in [4.78, 5) is 39.0. The Labute approximate surface area is 168 Å². The van der Waals surface area contributed by atoms with Crippen LogP contribution in [0.3, 0.4) is 0 Å². The Hall–Kier alpha value is -2.19. The zero-order chi connectivity index (χ0) is 18.6. The van der Waals surface area contributed by atoms with Crippen LogP contribution in [0.2, 0.25) is 0 Å². The smallest absolute Gasteiger partial charge is 0.275 e. The van der Waals surface area contributed by atoms with Gasteiger partial charge in [-0.1, -0.05) is 0 Å². The van der Waals surface area contributed by atoms with Gasteiger partial charge in [0.05, 0.1) is 12.2 Å². The summed E-state index contributed by atoms with van der Waals surface area (Å²) in [5.41, 5.74) is 7.61. The minimum atomic E-state index is -0.121. The van der Waals surface area contributed by atoms with Crippen LogP contribution in [0.25, 0.3) is 0 Å². The summed E-state index contributed by atoms with van der Waals surface area (Å²) in [5.74, 6) is 1.53. The van der Waals surface area contributed by atoms with Crippen molar-refractivity contribution >= 4 is 18.3 Å². The highest BCUT2D eigenvalue weighted by Gasteiger charge is 2.45. The lowest BCUT2D eigenvalue weighted by Gasteiger charge is -2.39. The molecule has 2 fully saturated rings. The van der Waals surface area contributed by atoms with Crippen LogP contribution in [0.15, 0.2) is 15.5 Å². The van der Waals surface area contributed by atoms with E-state index in [-0.39, 0.29) is 35.8 Å². The number of oxazole rings is 1. The Balaban J connectivity index is 0.00000192. The van der Waals surface area contributed by atoms with Gasteiger partial charge in [0.1, 0.15) is 12.1 Å². The van der Waals surface area contributed by atoms with Crippen LogP contribution in [-0.4, -0.2) is 38.8 Å². The number of carbonyl (C=O) groups excluding carboxylic acids is 1. The second kappa shape index (κ2) is 7.00. The first-order chi connectivity index (χ1) is 13.1. The predicted octanol–water partition coefficient (Wildman–Crippen LogP) is 1.64. The molecule has 3 aliphatic rings. The first-order valence-electron chi connectivity index (χ1n) is 9.67. The summed E-state index contributed by atoms with van der Waals surface area (Å²) in [6.07, 6.45) is 6.97. The van der Waals surface area contributed by atoms with Crippen molar-refractivity contribution < 1.29 is 9.21 Å². The standard InChI is InChI=1S/C19H23N5O3.ClH/c20-9-14-21-13(10-27-14)18(26)24-7-5-19(6-8-24)4-3-12-15(19)22-16(11-1-2-11)23-17(12)25;/h10-11H,1-9,20H2,(H,22,23,25);1H. The topological polar surface area (TPSA) is 118 Å². The molecule has 1 aliphatic heterocycles. The lowest BCUT2D eigenvalue weighted by molar-refractivity contribution is 0.0657. The third kappa shape index (κ3) is 3.04. The molecule has 5 rings (SSSR count). The fraction of sp³-hybridized carbons (Fsp3) is 0.579. The second-order valence-electron chi connectivity index (χ2n) is 7.96. The minimum Gasteiger partial charge on any atom is -0.447 e. The molecule has 2 aliphatic carbocycles. The van der Waals surface area contributed by atoms with E-state index in [1.54, 1.807) is 0 Å². The maximum absolute atomic E-state index is 12.7. The zero-order valence-corrected chi connectivity index (χ0v) is 16.4. The summed E-state index contributed by atoms with van der Waals surface area (Å²) in [7, 11) is 0. The molecule has 0 unspecified atom stereocenters. The average Bonchev–Trinajstić information content (AvgIpc) is 3.33. The van der Waals surface area contributed by atoms with E-state index in [1.807, 2.05) is 4.90 Å². The lowest BCUT2D eigenvalue weighted by atomic mass is 9.76. The Morgan fingerprint density at radius 3 is 2.68 bits per heavy atom. The van der Waals surface area contributed by atoms with Gasteiger partial charge in [0.2, 0.25) is 5.89 Å². The summed E-state index contributed by atoms with van der Waals surface area (Å²) in [5, 5.41) is 0. The summed E-state index contributed by atoms with van der Waals surface area (Å²) < 4.78 is 5.19. The van der Waals surface area contributed by atoms with Gasteiger partial charge in [-0.3, -0.25) is 9.59 Å². The number of aromatic amines is 1. The van der Waals surface area contributed by atoms with Gasteiger partial charge in [0.15, 0.2) is 5.69 Å². The van der Waals surface area contributed by atoms with Crippen molar-refractivity contribution in [2.45, 2.75) is 56.4 Å². The highest BCUT2D eigenvalue weighted by Crippen LogP contribution is 2.46. The molecule has 8 nitrogen and oxygen atoms in total. The lowest BCUT2D eigenvalue weighted by Crippen LogP contribution is -2.45. The van der Waals surface area contributed by atoms with Gasteiger partial charge in [-0.15, -0.1) is 12.4 Å². The maximum atomic E-state index is 12.7. The Bertz CT molecular complexity index is 957. The van der Waals surface area contributed by atoms with Gasteiger partial charge < -0.3 is 20.0 Å². The molecule has 3 N–H and O–H groups in total. The van der Waals surface area contributed by atoms with Crippen molar-refractivity contribution in [2.24, 2.45) is 5.73 Å². The molecule has 1 amide bonds. The minimum absolute atomic E-state index is 0. The molecule has 1 saturated carbocycles. The molecular formula is C19H24ClN5O3. The van der Waals surface area contributed by atoms with Gasteiger partial charge >= 0.3 is 0 Å². The quantitative estimate of drug-likeness (QED) is 0.801. The summed E-state index contributed by atoms with van der Waals surface area (Å²) in [6, 6.07) is 0. The van der Waals surface area contributed by atoms with Crippen molar-refractivity contribution in [1.82, 2.24) is 19.9 Å². The highest BCUT2D eigenvalue weighted by atomic mass is 35.5. The second-order valence-corrected chi connectivity index (χ2v) is 7.96. The van der Waals surface area contributed by atoms with Crippen molar-refractivity contribution in [2.75, 3.05) is 13.1 Å². The number of fused-ring (bicyclic) bond motifs is 2. The third-order valence-corrected chi connectivity index (χ3v) is 6.31. The third-order valence-electron chi connectivity index (χ3n) is 6.31. The average molecular weight is 406 g/mol. The molecule has 1 spiro atoms. The highest BCUT2D eigenvalue weighted by molar-refractivity contribution is 5.92. The van der Waals surface area contributed by atoms with Crippen LogP contribution in [-0.2, 0) is 18.4 Å². The number of likely N-dealkylation sites (tertiary alicyclic amines) is 1. The zero-order valence-electron chi connectivity index (χ0n) is 15.6. The van der Waals surface area contributed by atoms with E-state index in [1.165, 1.54) is 6.26 Å². The number of carbonyl (C=O) groups is 1. The number of piperidine rings is 1. The summed E-state index contributed by atoms with van der Waals surface area (Å²) in [6.45, 7) is 1.45. The number of nitrogens with two attached hydrogens (primary N) is 1. The van der Waals surface area contributed by atoms with Crippen molar-refractivity contribution in [3.05, 3.63) is 45.3 Å². The van der Waals surface area contributed by atoms with E-state index in [9.17, 15) is 9.59 Å². The largest absolute Gasteiger partial charge is 0.447 e. The van der Waals surface area contributed by atoms with E-state index in [2.05, 4.69) is 9.97 Å². The molecule has 150 valence electrons. The number of aromatic nitrogens is 3. The number of hydrogen-bond acceptors (Lipinski definition) is 6.